The number of benzene rings is 3. The molecule has 6 rings (SSSR count). The van der Waals surface area contributed by atoms with E-state index in [0.717, 1.165) is 39.2 Å². The summed E-state index contributed by atoms with van der Waals surface area (Å²) < 4.78 is 10.3. The number of hydrogen-bond donors (Lipinski definition) is 0. The van der Waals surface area contributed by atoms with Crippen molar-refractivity contribution in [2.75, 3.05) is 18.6 Å². The van der Waals surface area contributed by atoms with Crippen LogP contribution in [0.3, 0.4) is 0 Å². The number of pyridine rings is 2. The van der Waals surface area contributed by atoms with Crippen molar-refractivity contribution >= 4 is 74.2 Å². The van der Waals surface area contributed by atoms with Gasteiger partial charge in [-0.1, -0.05) is 84.2 Å². The van der Waals surface area contributed by atoms with E-state index >= 15 is 0 Å². The first kappa shape index (κ1) is 25.4. The van der Waals surface area contributed by atoms with Crippen molar-refractivity contribution in [1.82, 2.24) is 9.97 Å². The third-order valence-electron chi connectivity index (χ3n) is 6.05. The number of fused-ring (bicyclic) bond motifs is 2. The van der Waals surface area contributed by atoms with Gasteiger partial charge in [-0.05, 0) is 47.4 Å². The second kappa shape index (κ2) is 11.9. The molecule has 0 fully saturated rings. The summed E-state index contributed by atoms with van der Waals surface area (Å²) in [4.78, 5) is 9.32. The number of aromatic nitrogens is 2. The molecule has 0 saturated carbocycles. The van der Waals surface area contributed by atoms with Gasteiger partial charge in [-0.15, -0.1) is 23.5 Å². The van der Waals surface area contributed by atoms with Crippen molar-refractivity contribution in [3.8, 4) is 5.75 Å². The highest BCUT2D eigenvalue weighted by atomic mass is 32.3. The first-order valence-electron chi connectivity index (χ1n) is 12.2. The van der Waals surface area contributed by atoms with E-state index in [1.165, 1.54) is 23.5 Å². The maximum atomic E-state index is 6.48. The zero-order chi connectivity index (χ0) is 25.7. The Balaban J connectivity index is 1.22. The lowest BCUT2D eigenvalue weighted by molar-refractivity contribution is 0.352. The Labute approximate surface area is 239 Å². The lowest BCUT2D eigenvalue weighted by Crippen LogP contribution is -2.01. The Kier molecular flexibility index (Phi) is 7.97. The van der Waals surface area contributed by atoms with Crippen LogP contribution in [0.2, 0.25) is 0 Å². The standard InChI is InChI=1S/C31H24N2OS4/c1-35-30-31(38-29(37-30)27(25-14-6-8-16-32-25)26-15-7-9-17-33-26)36-19-18-34-28-23-12-4-2-10-21(23)20-22-11-3-5-13-24(22)28/h2-17,20H,18-19H2,1H3. The zero-order valence-electron chi connectivity index (χ0n) is 20.7. The average molecular weight is 569 g/mol. The van der Waals surface area contributed by atoms with Crippen LogP contribution in [0.25, 0.3) is 27.1 Å². The summed E-state index contributed by atoms with van der Waals surface area (Å²) in [5, 5.41) is 4.73. The van der Waals surface area contributed by atoms with Crippen molar-refractivity contribution in [3.63, 3.8) is 0 Å². The summed E-state index contributed by atoms with van der Waals surface area (Å²) in [6.07, 6.45) is 5.83. The molecule has 0 atom stereocenters. The van der Waals surface area contributed by atoms with E-state index in [9.17, 15) is 0 Å². The fraction of sp³-hybridized carbons (Fsp3) is 0.0968. The van der Waals surface area contributed by atoms with Gasteiger partial charge in [0.15, 0.2) is 0 Å². The fourth-order valence-corrected chi connectivity index (χ4v) is 9.77. The summed E-state index contributed by atoms with van der Waals surface area (Å²) >= 11 is 7.29. The fourth-order valence-electron chi connectivity index (χ4n) is 4.36. The van der Waals surface area contributed by atoms with Gasteiger partial charge in [0.2, 0.25) is 0 Å². The summed E-state index contributed by atoms with van der Waals surface area (Å²) in [6.45, 7) is 0.630. The molecule has 0 bridgehead atoms. The third-order valence-corrected chi connectivity index (χ3v) is 11.4. The van der Waals surface area contributed by atoms with Crippen LogP contribution in [-0.2, 0) is 0 Å². The molecule has 38 heavy (non-hydrogen) atoms. The van der Waals surface area contributed by atoms with Crippen molar-refractivity contribution in [1.29, 1.82) is 0 Å². The Morgan fingerprint density at radius 1 is 0.737 bits per heavy atom. The van der Waals surface area contributed by atoms with Gasteiger partial charge in [0, 0.05) is 34.5 Å². The van der Waals surface area contributed by atoms with Crippen LogP contribution in [-0.4, -0.2) is 28.6 Å². The van der Waals surface area contributed by atoms with Gasteiger partial charge in [0.05, 0.1) is 30.7 Å². The number of hydrogen-bond acceptors (Lipinski definition) is 7. The second-order valence-corrected chi connectivity index (χ2v) is 13.2. The molecule has 0 N–H and O–H groups in total. The minimum Gasteiger partial charge on any atom is -0.491 e. The molecule has 1 aliphatic heterocycles. The molecule has 0 radical (unpaired) electrons. The van der Waals surface area contributed by atoms with Crippen LogP contribution in [0.15, 0.2) is 116 Å². The van der Waals surface area contributed by atoms with E-state index in [2.05, 4.69) is 83.0 Å². The van der Waals surface area contributed by atoms with Gasteiger partial charge in [-0.2, -0.15) is 0 Å². The SMILES string of the molecule is CSC1=C(SCCOc2c3ccccc3cc3ccccc23)SC(=C(c2ccccn2)c2ccccn2)S1. The molecular formula is C31H24N2OS4. The van der Waals surface area contributed by atoms with Gasteiger partial charge in [-0.25, -0.2) is 0 Å². The predicted molar refractivity (Wildman–Crippen MR) is 170 cm³/mol. The lowest BCUT2D eigenvalue weighted by atomic mass is 10.0. The Hall–Kier alpha value is -2.84. The van der Waals surface area contributed by atoms with Crippen LogP contribution in [0, 0.1) is 0 Å². The van der Waals surface area contributed by atoms with Crippen LogP contribution in [0.1, 0.15) is 11.4 Å². The van der Waals surface area contributed by atoms with Gasteiger partial charge in [0.1, 0.15) is 5.75 Å². The average Bonchev–Trinajstić information content (AvgIpc) is 3.38. The van der Waals surface area contributed by atoms with E-state index in [1.54, 1.807) is 11.8 Å². The molecule has 3 aromatic carbocycles. The van der Waals surface area contributed by atoms with Crippen LogP contribution < -0.4 is 4.74 Å². The Morgan fingerprint density at radius 2 is 1.32 bits per heavy atom. The van der Waals surface area contributed by atoms with Crippen molar-refractivity contribution < 1.29 is 4.74 Å². The lowest BCUT2D eigenvalue weighted by Gasteiger charge is -2.13. The molecule has 0 saturated heterocycles. The van der Waals surface area contributed by atoms with E-state index in [4.69, 9.17) is 4.74 Å². The van der Waals surface area contributed by atoms with Gasteiger partial charge in [-0.3, -0.25) is 9.97 Å². The monoisotopic (exact) mass is 568 g/mol. The molecular weight excluding hydrogens is 545 g/mol. The maximum absolute atomic E-state index is 6.48. The highest BCUT2D eigenvalue weighted by Gasteiger charge is 2.26. The highest BCUT2D eigenvalue weighted by molar-refractivity contribution is 8.40. The molecule has 5 aromatic rings. The molecule has 0 amide bonds. The topological polar surface area (TPSA) is 35.0 Å². The third kappa shape index (κ3) is 5.34. The number of ether oxygens (including phenoxy) is 1. The first-order valence-corrected chi connectivity index (χ1v) is 16.0. The van der Waals surface area contributed by atoms with Crippen molar-refractivity contribution in [3.05, 3.63) is 127 Å². The molecule has 0 aliphatic carbocycles. The summed E-state index contributed by atoms with van der Waals surface area (Å²) in [5.41, 5.74) is 2.97. The van der Waals surface area contributed by atoms with Crippen LogP contribution in [0.5, 0.6) is 5.75 Å². The normalized spacial score (nSPS) is 13.4. The van der Waals surface area contributed by atoms with Crippen LogP contribution >= 0.6 is 47.0 Å². The molecule has 0 spiro atoms. The second-order valence-electron chi connectivity index (χ2n) is 8.42. The molecule has 0 unspecified atom stereocenters. The Bertz CT molecular complexity index is 1560. The smallest absolute Gasteiger partial charge is 0.134 e. The highest BCUT2D eigenvalue weighted by Crippen LogP contribution is 2.59. The summed E-state index contributed by atoms with van der Waals surface area (Å²) in [6, 6.07) is 31.2. The predicted octanol–water partition coefficient (Wildman–Crippen LogP) is 9.28. The molecule has 2 aromatic heterocycles. The van der Waals surface area contributed by atoms with E-state index in [-0.39, 0.29) is 0 Å². The molecule has 188 valence electrons. The van der Waals surface area contributed by atoms with Gasteiger partial charge < -0.3 is 4.74 Å². The van der Waals surface area contributed by atoms with Gasteiger partial charge >= 0.3 is 0 Å². The van der Waals surface area contributed by atoms with E-state index in [0.29, 0.717) is 6.61 Å². The van der Waals surface area contributed by atoms with Crippen molar-refractivity contribution in [2.24, 2.45) is 0 Å². The molecule has 7 heteroatoms. The van der Waals surface area contributed by atoms with Crippen molar-refractivity contribution in [2.45, 2.75) is 0 Å². The Morgan fingerprint density at radius 3 is 1.89 bits per heavy atom. The van der Waals surface area contributed by atoms with Gasteiger partial charge in [0.25, 0.3) is 0 Å². The molecule has 3 nitrogen and oxygen atoms in total. The molecule has 1 aliphatic rings. The van der Waals surface area contributed by atoms with E-state index in [1.807, 2.05) is 71.9 Å². The number of nitrogens with zero attached hydrogens (tertiary/aromatic N) is 2. The first-order chi connectivity index (χ1) is 18.8. The number of rotatable bonds is 8. The zero-order valence-corrected chi connectivity index (χ0v) is 23.9. The largest absolute Gasteiger partial charge is 0.491 e. The summed E-state index contributed by atoms with van der Waals surface area (Å²) in [5.74, 6) is 1.83. The quantitative estimate of drug-likeness (QED) is 0.136. The van der Waals surface area contributed by atoms with Crippen LogP contribution in [0.4, 0.5) is 0 Å². The number of thioether (sulfide) groups is 4. The minimum absolute atomic E-state index is 0.630. The van der Waals surface area contributed by atoms with E-state index < -0.39 is 0 Å². The molecule has 3 heterocycles. The summed E-state index contributed by atoms with van der Waals surface area (Å²) in [7, 11) is 0. The maximum Gasteiger partial charge on any atom is 0.134 e. The minimum atomic E-state index is 0.630.